The van der Waals surface area contributed by atoms with E-state index in [-0.39, 0.29) is 0 Å². The summed E-state index contributed by atoms with van der Waals surface area (Å²) in [5.41, 5.74) is 14.8. The molecule has 0 saturated carbocycles. The average molecular weight is 586 g/mol. The maximum atomic E-state index is 2.43. The number of para-hydroxylation sites is 1. The van der Waals surface area contributed by atoms with Gasteiger partial charge in [0.25, 0.3) is 0 Å². The third-order valence-electron chi connectivity index (χ3n) is 9.43. The number of nitrogens with zero attached hydrogens (tertiary/aromatic N) is 1. The summed E-state index contributed by atoms with van der Waals surface area (Å²) in [6.45, 7) is 2.24. The Morgan fingerprint density at radius 2 is 0.935 bits per heavy atom. The Kier molecular flexibility index (Phi) is 6.11. The molecule has 216 valence electrons. The van der Waals surface area contributed by atoms with Crippen LogP contribution in [0.3, 0.4) is 0 Å². The van der Waals surface area contributed by atoms with Crippen LogP contribution < -0.4 is 0 Å². The SMILES string of the molecule is Cc1cc(-c2cc(-c3ccccc3)cc(-c3ccccc3)c2)ccc1-c1cc2ccc3cccc4c3c2c(c1)n4-c1ccccc1. The van der Waals surface area contributed by atoms with Gasteiger partial charge in [-0.2, -0.15) is 0 Å². The lowest BCUT2D eigenvalue weighted by Gasteiger charge is -2.14. The second kappa shape index (κ2) is 10.6. The van der Waals surface area contributed by atoms with Gasteiger partial charge in [0, 0.05) is 16.5 Å². The van der Waals surface area contributed by atoms with Gasteiger partial charge >= 0.3 is 0 Å². The minimum Gasteiger partial charge on any atom is -0.309 e. The van der Waals surface area contributed by atoms with E-state index in [0.29, 0.717) is 0 Å². The van der Waals surface area contributed by atoms with E-state index < -0.39 is 0 Å². The summed E-state index contributed by atoms with van der Waals surface area (Å²) in [5, 5.41) is 5.23. The minimum atomic E-state index is 1.18. The van der Waals surface area contributed by atoms with Crippen LogP contribution in [-0.2, 0) is 0 Å². The van der Waals surface area contributed by atoms with Crippen LogP contribution in [0.4, 0.5) is 0 Å². The molecule has 0 saturated heterocycles. The van der Waals surface area contributed by atoms with Crippen molar-refractivity contribution < 1.29 is 0 Å². The topological polar surface area (TPSA) is 4.93 Å². The standard InChI is InChI=1S/C45H31N/c1-30-24-34(38-27-36(31-12-5-2-6-13-31)26-37(28-38)32-14-7-3-8-15-32)22-23-41(30)39-25-35-21-20-33-16-11-19-42-44(33)45(35)43(29-39)46(42)40-17-9-4-10-18-40/h2-29H,1H3. The van der Waals surface area contributed by atoms with Gasteiger partial charge in [0.1, 0.15) is 0 Å². The molecule has 9 rings (SSSR count). The quantitative estimate of drug-likeness (QED) is 0.177. The lowest BCUT2D eigenvalue weighted by molar-refractivity contribution is 1.18. The normalized spacial score (nSPS) is 11.6. The van der Waals surface area contributed by atoms with Crippen molar-refractivity contribution in [1.29, 1.82) is 0 Å². The fourth-order valence-electron chi connectivity index (χ4n) is 7.26. The molecule has 46 heavy (non-hydrogen) atoms. The molecule has 9 aromatic rings. The van der Waals surface area contributed by atoms with Gasteiger partial charge in [-0.3, -0.25) is 0 Å². The molecule has 1 nitrogen and oxygen atoms in total. The Labute approximate surface area is 269 Å². The minimum absolute atomic E-state index is 1.18. The first-order valence-corrected chi connectivity index (χ1v) is 15.9. The molecule has 1 aromatic heterocycles. The van der Waals surface area contributed by atoms with E-state index in [1.165, 1.54) is 88.3 Å². The van der Waals surface area contributed by atoms with Gasteiger partial charge in [-0.1, -0.05) is 121 Å². The zero-order valence-corrected chi connectivity index (χ0v) is 25.6. The Morgan fingerprint density at radius 1 is 0.348 bits per heavy atom. The molecule has 0 aliphatic heterocycles. The van der Waals surface area contributed by atoms with Crippen molar-refractivity contribution in [2.75, 3.05) is 0 Å². The van der Waals surface area contributed by atoms with Crippen molar-refractivity contribution in [1.82, 2.24) is 4.57 Å². The highest BCUT2D eigenvalue weighted by molar-refractivity contribution is 6.25. The summed E-state index contributed by atoms with van der Waals surface area (Å²) in [7, 11) is 0. The first-order valence-electron chi connectivity index (χ1n) is 15.9. The van der Waals surface area contributed by atoms with Crippen molar-refractivity contribution in [2.24, 2.45) is 0 Å². The number of hydrogen-bond donors (Lipinski definition) is 0. The molecule has 0 unspecified atom stereocenters. The molecule has 0 aliphatic carbocycles. The third-order valence-corrected chi connectivity index (χ3v) is 9.43. The predicted octanol–water partition coefficient (Wildman–Crippen LogP) is 12.4. The fourth-order valence-corrected chi connectivity index (χ4v) is 7.26. The monoisotopic (exact) mass is 585 g/mol. The molecule has 0 amide bonds. The van der Waals surface area contributed by atoms with E-state index in [2.05, 4.69) is 181 Å². The van der Waals surface area contributed by atoms with Crippen LogP contribution in [0.15, 0.2) is 170 Å². The Hall–Kier alpha value is -5.92. The Morgan fingerprint density at radius 3 is 1.59 bits per heavy atom. The molecular formula is C45H31N. The zero-order valence-electron chi connectivity index (χ0n) is 25.6. The molecule has 0 spiro atoms. The van der Waals surface area contributed by atoms with Crippen molar-refractivity contribution >= 4 is 32.6 Å². The highest BCUT2D eigenvalue weighted by atomic mass is 15.0. The summed E-state index contributed by atoms with van der Waals surface area (Å²) >= 11 is 0. The van der Waals surface area contributed by atoms with E-state index in [9.17, 15) is 0 Å². The maximum Gasteiger partial charge on any atom is 0.0553 e. The van der Waals surface area contributed by atoms with Crippen molar-refractivity contribution in [3.8, 4) is 50.2 Å². The van der Waals surface area contributed by atoms with Gasteiger partial charge in [-0.05, 0) is 116 Å². The van der Waals surface area contributed by atoms with Gasteiger partial charge in [0.2, 0.25) is 0 Å². The second-order valence-corrected chi connectivity index (χ2v) is 12.3. The summed E-state index contributed by atoms with van der Waals surface area (Å²) in [6.07, 6.45) is 0. The molecule has 0 fully saturated rings. The summed E-state index contributed by atoms with van der Waals surface area (Å²) in [4.78, 5) is 0. The fraction of sp³-hybridized carbons (Fsp3) is 0.0222. The van der Waals surface area contributed by atoms with E-state index in [0.717, 1.165) is 0 Å². The van der Waals surface area contributed by atoms with Gasteiger partial charge in [-0.15, -0.1) is 0 Å². The van der Waals surface area contributed by atoms with E-state index in [4.69, 9.17) is 0 Å². The lowest BCUT2D eigenvalue weighted by atomic mass is 9.90. The smallest absolute Gasteiger partial charge is 0.0553 e. The van der Waals surface area contributed by atoms with Gasteiger partial charge in [-0.25, -0.2) is 0 Å². The Balaban J connectivity index is 1.21. The highest BCUT2D eigenvalue weighted by Crippen LogP contribution is 2.42. The van der Waals surface area contributed by atoms with Gasteiger partial charge in [0.15, 0.2) is 0 Å². The second-order valence-electron chi connectivity index (χ2n) is 12.3. The number of aromatic nitrogens is 1. The molecule has 0 aliphatic rings. The Bertz CT molecular complexity index is 2450. The predicted molar refractivity (Wildman–Crippen MR) is 196 cm³/mol. The van der Waals surface area contributed by atoms with Crippen LogP contribution in [0.2, 0.25) is 0 Å². The lowest BCUT2D eigenvalue weighted by Crippen LogP contribution is -1.94. The van der Waals surface area contributed by atoms with E-state index in [1.54, 1.807) is 0 Å². The first-order chi connectivity index (χ1) is 22.7. The van der Waals surface area contributed by atoms with E-state index >= 15 is 0 Å². The van der Waals surface area contributed by atoms with Crippen LogP contribution >= 0.6 is 0 Å². The summed E-state index contributed by atoms with van der Waals surface area (Å²) in [6, 6.07) is 62.0. The molecule has 0 N–H and O–H groups in total. The van der Waals surface area contributed by atoms with Crippen LogP contribution in [0.25, 0.3) is 82.8 Å². The van der Waals surface area contributed by atoms with Crippen LogP contribution in [0, 0.1) is 6.92 Å². The van der Waals surface area contributed by atoms with Gasteiger partial charge < -0.3 is 4.57 Å². The molecule has 0 radical (unpaired) electrons. The number of rotatable bonds is 5. The molecule has 1 heterocycles. The third kappa shape index (κ3) is 4.32. The van der Waals surface area contributed by atoms with Crippen molar-refractivity contribution in [2.45, 2.75) is 6.92 Å². The number of benzene rings is 8. The van der Waals surface area contributed by atoms with Crippen LogP contribution in [-0.4, -0.2) is 4.57 Å². The average Bonchev–Trinajstić information content (AvgIpc) is 3.46. The first kappa shape index (κ1) is 26.5. The van der Waals surface area contributed by atoms with Crippen LogP contribution in [0.5, 0.6) is 0 Å². The van der Waals surface area contributed by atoms with Crippen molar-refractivity contribution in [3.63, 3.8) is 0 Å². The molecule has 1 heteroatoms. The molecular weight excluding hydrogens is 555 g/mol. The largest absolute Gasteiger partial charge is 0.309 e. The van der Waals surface area contributed by atoms with Crippen LogP contribution in [0.1, 0.15) is 5.56 Å². The van der Waals surface area contributed by atoms with E-state index in [1.807, 2.05) is 0 Å². The highest BCUT2D eigenvalue weighted by Gasteiger charge is 2.18. The zero-order chi connectivity index (χ0) is 30.6. The summed E-state index contributed by atoms with van der Waals surface area (Å²) in [5.74, 6) is 0. The van der Waals surface area contributed by atoms with Crippen molar-refractivity contribution in [3.05, 3.63) is 175 Å². The maximum absolute atomic E-state index is 2.43. The number of aryl methyl sites for hydroxylation is 1. The molecule has 0 bridgehead atoms. The number of hydrogen-bond acceptors (Lipinski definition) is 0. The molecule has 0 atom stereocenters. The molecule has 8 aromatic carbocycles. The van der Waals surface area contributed by atoms with Gasteiger partial charge in [0.05, 0.1) is 11.0 Å². The summed E-state index contributed by atoms with van der Waals surface area (Å²) < 4.78 is 2.43.